The smallest absolute Gasteiger partial charge is 0.326 e. The monoisotopic (exact) mass is 389 g/mol. The molecule has 0 aromatic heterocycles. The Morgan fingerprint density at radius 1 is 0.905 bits per heavy atom. The number of rotatable bonds is 10. The maximum atomic E-state index is 10.6. The van der Waals surface area contributed by atoms with Gasteiger partial charge in [-0.05, 0) is 13.8 Å². The first-order chi connectivity index (χ1) is 9.42. The fourth-order valence-electron chi connectivity index (χ4n) is 0.935. The quantitative estimate of drug-likeness (QED) is 0.327. The molecule has 0 bridgehead atoms. The van der Waals surface area contributed by atoms with Crippen LogP contribution in [-0.4, -0.2) is 47.6 Å². The molecule has 128 valence electrons. The Bertz CT molecular complexity index is 406. The van der Waals surface area contributed by atoms with Gasteiger partial charge in [0.05, 0.1) is 46.1 Å². The van der Waals surface area contributed by atoms with Gasteiger partial charge in [-0.3, -0.25) is 8.74 Å². The summed E-state index contributed by atoms with van der Waals surface area (Å²) in [6.07, 6.45) is 0. The van der Waals surface area contributed by atoms with Crippen molar-refractivity contribution in [2.45, 2.75) is 19.8 Å². The number of hydrogen-bond donors (Lipinski definition) is 1. The fourth-order valence-corrected chi connectivity index (χ4v) is 2.88. The van der Waals surface area contributed by atoms with Crippen LogP contribution in [0.2, 0.25) is 0 Å². The van der Waals surface area contributed by atoms with Gasteiger partial charge < -0.3 is 13.7 Å². The lowest BCUT2D eigenvalue weighted by atomic mass is 9.92. The molecule has 0 amide bonds. The molecule has 0 aromatic rings. The molecule has 21 heavy (non-hydrogen) atoms. The molecule has 0 saturated heterocycles. The summed E-state index contributed by atoms with van der Waals surface area (Å²) in [5.74, 6) is -3.21. The summed E-state index contributed by atoms with van der Waals surface area (Å²) in [6.45, 7) is 1.11. The van der Waals surface area contributed by atoms with Crippen LogP contribution in [0.1, 0.15) is 13.8 Å². The van der Waals surface area contributed by atoms with Gasteiger partial charge in [-0.1, -0.05) is 0 Å². The van der Waals surface area contributed by atoms with Crippen molar-refractivity contribution in [2.24, 2.45) is 5.41 Å². The molecular weight excluding hydrogens is 380 g/mol. The first-order valence-electron chi connectivity index (χ1n) is 4.52. The highest BCUT2D eigenvalue weighted by Crippen LogP contribution is 2.39. The molecule has 4 unspecified atom stereocenters. The van der Waals surface area contributed by atoms with E-state index in [0.717, 1.165) is 13.8 Å². The molecule has 0 aliphatic carbocycles. The van der Waals surface area contributed by atoms with Gasteiger partial charge in [0.1, 0.15) is 0 Å². The largest absolute Gasteiger partial charge is 0.750 e. The summed E-state index contributed by atoms with van der Waals surface area (Å²) < 4.78 is 99.2. The predicted molar refractivity (Wildman–Crippen MR) is 63.2 cm³/mol. The van der Waals surface area contributed by atoms with Crippen LogP contribution in [0.4, 0.5) is 0 Å². The second kappa shape index (κ2) is 8.79. The van der Waals surface area contributed by atoms with Gasteiger partial charge in [0, 0.05) is 0 Å². The third-order valence-electron chi connectivity index (χ3n) is 1.88. The summed E-state index contributed by atoms with van der Waals surface area (Å²) in [5.41, 5.74) is -1.98. The molecule has 12 nitrogen and oxygen atoms in total. The lowest BCUT2D eigenvalue weighted by molar-refractivity contribution is -0.312. The van der Waals surface area contributed by atoms with Crippen LogP contribution in [0.5, 0.6) is 0 Å². The van der Waals surface area contributed by atoms with Crippen molar-refractivity contribution in [3.8, 4) is 0 Å². The highest BCUT2D eigenvalue weighted by atomic mass is 32.2. The fraction of sp³-hybridized carbons (Fsp3) is 1.00. The third-order valence-corrected chi connectivity index (χ3v) is 3.27. The SMILES string of the molecule is CC(C)(COS(=O)O)C(OS(=O)[O-])(OS(=O)[O-])OS(=O)[O-]. The van der Waals surface area contributed by atoms with E-state index in [1.807, 2.05) is 0 Å². The van der Waals surface area contributed by atoms with Gasteiger partial charge in [0.2, 0.25) is 0 Å². The van der Waals surface area contributed by atoms with Crippen molar-refractivity contribution in [2.75, 3.05) is 6.61 Å². The zero-order chi connectivity index (χ0) is 16.8. The van der Waals surface area contributed by atoms with Crippen LogP contribution in [0.25, 0.3) is 0 Å². The van der Waals surface area contributed by atoms with Crippen molar-refractivity contribution < 1.29 is 51.8 Å². The minimum Gasteiger partial charge on any atom is -0.750 e. The molecule has 0 rings (SSSR count). The van der Waals surface area contributed by atoms with E-state index in [4.69, 9.17) is 4.55 Å². The van der Waals surface area contributed by atoms with Crippen LogP contribution < -0.4 is 0 Å². The topological polar surface area (TPSA) is 195 Å². The first kappa shape index (κ1) is 21.3. The zero-order valence-corrected chi connectivity index (χ0v) is 13.5. The minimum absolute atomic E-state index is 0.873. The summed E-state index contributed by atoms with van der Waals surface area (Å²) in [6, 6.07) is 0. The Labute approximate surface area is 129 Å². The maximum absolute atomic E-state index is 10.6. The molecule has 0 radical (unpaired) electrons. The van der Waals surface area contributed by atoms with Crippen molar-refractivity contribution >= 4 is 45.4 Å². The van der Waals surface area contributed by atoms with Crippen molar-refractivity contribution in [1.29, 1.82) is 0 Å². The lowest BCUT2D eigenvalue weighted by Crippen LogP contribution is -2.54. The molecule has 0 aromatic carbocycles. The van der Waals surface area contributed by atoms with E-state index in [1.165, 1.54) is 0 Å². The Morgan fingerprint density at radius 2 is 1.24 bits per heavy atom. The minimum atomic E-state index is -3.47. The van der Waals surface area contributed by atoms with E-state index >= 15 is 0 Å². The predicted octanol–water partition coefficient (Wildman–Crippen LogP) is -1.75. The molecule has 0 aliphatic rings. The Balaban J connectivity index is 5.67. The molecule has 1 N–H and O–H groups in total. The molecule has 0 fully saturated rings. The summed E-state index contributed by atoms with van der Waals surface area (Å²) in [5, 5.41) is 0. The Kier molecular flexibility index (Phi) is 8.91. The van der Waals surface area contributed by atoms with Crippen LogP contribution in [-0.2, 0) is 62.2 Å². The molecular formula is C5H9O12S4-3. The van der Waals surface area contributed by atoms with E-state index < -0.39 is 63.4 Å². The lowest BCUT2D eigenvalue weighted by Gasteiger charge is -2.43. The molecule has 0 aliphatic heterocycles. The summed E-state index contributed by atoms with van der Waals surface area (Å²) >= 11 is -13.2. The van der Waals surface area contributed by atoms with Crippen LogP contribution >= 0.6 is 0 Å². The summed E-state index contributed by atoms with van der Waals surface area (Å²) in [7, 11) is 0. The van der Waals surface area contributed by atoms with Crippen LogP contribution in [0.15, 0.2) is 0 Å². The highest BCUT2D eigenvalue weighted by Gasteiger charge is 2.53. The van der Waals surface area contributed by atoms with Crippen molar-refractivity contribution in [1.82, 2.24) is 0 Å². The molecule has 0 spiro atoms. The van der Waals surface area contributed by atoms with Crippen LogP contribution in [0.3, 0.4) is 0 Å². The van der Waals surface area contributed by atoms with E-state index in [2.05, 4.69) is 16.7 Å². The van der Waals surface area contributed by atoms with Gasteiger partial charge in [0.15, 0.2) is 0 Å². The second-order valence-corrected chi connectivity index (χ2v) is 6.18. The maximum Gasteiger partial charge on any atom is 0.326 e. The van der Waals surface area contributed by atoms with E-state index in [-0.39, 0.29) is 0 Å². The summed E-state index contributed by atoms with van der Waals surface area (Å²) in [4.78, 5) is 0. The van der Waals surface area contributed by atoms with Gasteiger partial charge in [-0.15, -0.1) is 0 Å². The Morgan fingerprint density at radius 3 is 1.48 bits per heavy atom. The normalized spacial score (nSPS) is 21.2. The van der Waals surface area contributed by atoms with E-state index in [0.29, 0.717) is 0 Å². The van der Waals surface area contributed by atoms with Crippen LogP contribution in [0, 0.1) is 5.41 Å². The van der Waals surface area contributed by atoms with Gasteiger partial charge in [-0.25, -0.2) is 25.2 Å². The molecule has 0 heterocycles. The zero-order valence-electron chi connectivity index (χ0n) is 10.3. The average molecular weight is 389 g/mol. The van der Waals surface area contributed by atoms with Gasteiger partial charge in [-0.2, -0.15) is 4.21 Å². The third kappa shape index (κ3) is 7.39. The molecule has 4 atom stereocenters. The van der Waals surface area contributed by atoms with Crippen molar-refractivity contribution in [3.63, 3.8) is 0 Å². The molecule has 0 saturated carbocycles. The standard InChI is InChI=1S/C5H12O12S4/c1-4(2,3-14-18(6)7)5(15-19(8)9,16-20(10)11)17-21(12)13/h3H2,1-2H3,(H,6,7)(H,8,9)(H,10,11)(H,12,13)/p-3. The van der Waals surface area contributed by atoms with Gasteiger partial charge in [0.25, 0.3) is 0 Å². The van der Waals surface area contributed by atoms with E-state index in [1.54, 1.807) is 0 Å². The first-order valence-corrected chi connectivity index (χ1v) is 8.55. The number of hydrogen-bond acceptors (Lipinski definition) is 11. The highest BCUT2D eigenvalue weighted by molar-refractivity contribution is 7.75. The van der Waals surface area contributed by atoms with Gasteiger partial charge >= 0.3 is 17.3 Å². The van der Waals surface area contributed by atoms with Crippen molar-refractivity contribution in [3.05, 3.63) is 0 Å². The molecule has 16 heteroatoms. The second-order valence-electron chi connectivity index (χ2n) is 3.78. The Hall–Kier alpha value is 0.280. The van der Waals surface area contributed by atoms with E-state index in [9.17, 15) is 30.5 Å². The average Bonchev–Trinajstić information content (AvgIpc) is 2.23.